The van der Waals surface area contributed by atoms with E-state index in [1.165, 1.54) is 0 Å². The Morgan fingerprint density at radius 3 is 2.55 bits per heavy atom. The van der Waals surface area contributed by atoms with E-state index in [-0.39, 0.29) is 12.4 Å². The predicted molar refractivity (Wildman–Crippen MR) is 96.0 cm³/mol. The molecular weight excluding hydrogens is 322 g/mol. The van der Waals surface area contributed by atoms with Crippen LogP contribution in [0.4, 0.5) is 11.8 Å². The number of nitrogens with one attached hydrogen (secondary N) is 1. The number of anilines is 2. The van der Waals surface area contributed by atoms with Crippen LogP contribution in [0.5, 0.6) is 5.88 Å². The van der Waals surface area contributed by atoms with Crippen molar-refractivity contribution in [3.05, 3.63) is 12.7 Å². The Morgan fingerprint density at radius 1 is 1.32 bits per heavy atom. The van der Waals surface area contributed by atoms with Crippen LogP contribution in [0, 0.1) is 0 Å². The van der Waals surface area contributed by atoms with Gasteiger partial charge in [-0.25, -0.2) is 0 Å². The van der Waals surface area contributed by atoms with Gasteiger partial charge in [0.15, 0.2) is 5.82 Å². The standard InChI is InChI=1S/C14H23N5OS.ClH/c1-5-10-20-13-11(21-4)12(16-14(15-2)17-13)19-8-6-18(3)7-9-19;/h5H,1,6-10H2,2-4H3,(H,15,16,17);1H. The van der Waals surface area contributed by atoms with Gasteiger partial charge in [-0.1, -0.05) is 12.7 Å². The van der Waals surface area contributed by atoms with Gasteiger partial charge >= 0.3 is 0 Å². The van der Waals surface area contributed by atoms with Crippen LogP contribution in [0.1, 0.15) is 0 Å². The van der Waals surface area contributed by atoms with Crippen molar-refractivity contribution in [3.63, 3.8) is 0 Å². The molecule has 6 nitrogen and oxygen atoms in total. The fourth-order valence-electron chi connectivity index (χ4n) is 2.18. The summed E-state index contributed by atoms with van der Waals surface area (Å²) in [6.45, 7) is 8.13. The van der Waals surface area contributed by atoms with E-state index in [4.69, 9.17) is 4.74 Å². The molecule has 0 aromatic carbocycles. The fourth-order valence-corrected chi connectivity index (χ4v) is 2.81. The highest BCUT2D eigenvalue weighted by atomic mass is 35.5. The molecule has 0 spiro atoms. The van der Waals surface area contributed by atoms with Gasteiger partial charge in [0, 0.05) is 33.2 Å². The molecule has 2 heterocycles. The summed E-state index contributed by atoms with van der Waals surface area (Å²) in [5, 5.41) is 3.01. The van der Waals surface area contributed by atoms with Crippen molar-refractivity contribution < 1.29 is 4.74 Å². The number of halogens is 1. The summed E-state index contributed by atoms with van der Waals surface area (Å²) in [6, 6.07) is 0. The molecule has 0 aliphatic carbocycles. The van der Waals surface area contributed by atoms with Crippen molar-refractivity contribution in [1.29, 1.82) is 0 Å². The lowest BCUT2D eigenvalue weighted by Gasteiger charge is -2.34. The van der Waals surface area contributed by atoms with Crippen molar-refractivity contribution in [1.82, 2.24) is 14.9 Å². The number of rotatable bonds is 6. The van der Waals surface area contributed by atoms with Crippen LogP contribution in [-0.4, -0.2) is 68.0 Å². The van der Waals surface area contributed by atoms with E-state index in [1.807, 2.05) is 13.3 Å². The number of hydrogen-bond acceptors (Lipinski definition) is 7. The minimum atomic E-state index is 0. The first-order chi connectivity index (χ1) is 10.2. The molecule has 0 radical (unpaired) electrons. The number of hydrogen-bond donors (Lipinski definition) is 1. The van der Waals surface area contributed by atoms with Gasteiger partial charge in [-0.2, -0.15) is 9.97 Å². The highest BCUT2D eigenvalue weighted by Crippen LogP contribution is 2.35. The van der Waals surface area contributed by atoms with Crippen molar-refractivity contribution in [2.24, 2.45) is 0 Å². The number of ether oxygens (including phenoxy) is 1. The smallest absolute Gasteiger partial charge is 0.234 e. The maximum atomic E-state index is 5.71. The predicted octanol–water partition coefficient (Wildman–Crippen LogP) is 1.98. The highest BCUT2D eigenvalue weighted by molar-refractivity contribution is 7.98. The van der Waals surface area contributed by atoms with Crippen LogP contribution in [0.25, 0.3) is 0 Å². The maximum Gasteiger partial charge on any atom is 0.234 e. The Kier molecular flexibility index (Phi) is 7.78. The van der Waals surface area contributed by atoms with Gasteiger partial charge in [-0.15, -0.1) is 24.2 Å². The molecule has 0 bridgehead atoms. The number of aromatic nitrogens is 2. The molecule has 0 unspecified atom stereocenters. The molecule has 124 valence electrons. The summed E-state index contributed by atoms with van der Waals surface area (Å²) in [4.78, 5) is 14.7. The van der Waals surface area contributed by atoms with Crippen LogP contribution in [0.3, 0.4) is 0 Å². The van der Waals surface area contributed by atoms with E-state index < -0.39 is 0 Å². The summed E-state index contributed by atoms with van der Waals surface area (Å²) < 4.78 is 5.71. The summed E-state index contributed by atoms with van der Waals surface area (Å²) in [5.74, 6) is 2.16. The Morgan fingerprint density at radius 2 is 2.00 bits per heavy atom. The quantitative estimate of drug-likeness (QED) is 0.625. The Bertz CT molecular complexity index is 494. The molecule has 22 heavy (non-hydrogen) atoms. The molecule has 1 N–H and O–H groups in total. The monoisotopic (exact) mass is 345 g/mol. The number of likely N-dealkylation sites (N-methyl/N-ethyl adjacent to an activating group) is 1. The molecule has 0 amide bonds. The van der Waals surface area contributed by atoms with Gasteiger partial charge in [0.05, 0.1) is 0 Å². The van der Waals surface area contributed by atoms with E-state index in [2.05, 4.69) is 38.7 Å². The fraction of sp³-hybridized carbons (Fsp3) is 0.571. The normalized spacial score (nSPS) is 15.1. The van der Waals surface area contributed by atoms with E-state index in [1.54, 1.807) is 17.8 Å². The highest BCUT2D eigenvalue weighted by Gasteiger charge is 2.22. The number of piperazine rings is 1. The molecule has 1 aromatic heterocycles. The topological polar surface area (TPSA) is 53.5 Å². The Balaban J connectivity index is 0.00000242. The third-order valence-corrected chi connectivity index (χ3v) is 4.15. The van der Waals surface area contributed by atoms with Gasteiger partial charge < -0.3 is 19.9 Å². The molecular formula is C14H24ClN5OS. The van der Waals surface area contributed by atoms with Crippen LogP contribution in [0.2, 0.25) is 0 Å². The minimum absolute atomic E-state index is 0. The molecule has 0 saturated carbocycles. The average molecular weight is 346 g/mol. The minimum Gasteiger partial charge on any atom is -0.472 e. The first kappa shape index (κ1) is 18.9. The third kappa shape index (κ3) is 4.41. The molecule has 0 atom stereocenters. The van der Waals surface area contributed by atoms with Crippen molar-refractivity contribution in [3.8, 4) is 5.88 Å². The second-order valence-corrected chi connectivity index (χ2v) is 5.67. The first-order valence-corrected chi connectivity index (χ1v) is 8.23. The van der Waals surface area contributed by atoms with Crippen molar-refractivity contribution in [2.75, 3.05) is 63.4 Å². The summed E-state index contributed by atoms with van der Waals surface area (Å²) in [7, 11) is 3.96. The largest absolute Gasteiger partial charge is 0.472 e. The molecule has 2 rings (SSSR count). The van der Waals surface area contributed by atoms with Gasteiger partial charge in [0.2, 0.25) is 11.8 Å². The Hall–Kier alpha value is -1.18. The van der Waals surface area contributed by atoms with Crippen LogP contribution < -0.4 is 15.0 Å². The summed E-state index contributed by atoms with van der Waals surface area (Å²) in [6.07, 6.45) is 3.75. The third-order valence-electron chi connectivity index (χ3n) is 3.39. The van der Waals surface area contributed by atoms with E-state index in [9.17, 15) is 0 Å². The van der Waals surface area contributed by atoms with Crippen molar-refractivity contribution in [2.45, 2.75) is 4.90 Å². The number of thioether (sulfide) groups is 1. The molecule has 1 fully saturated rings. The van der Waals surface area contributed by atoms with E-state index in [0.717, 1.165) is 36.9 Å². The molecule has 1 aromatic rings. The zero-order valence-electron chi connectivity index (χ0n) is 13.3. The lowest BCUT2D eigenvalue weighted by atomic mass is 10.3. The zero-order chi connectivity index (χ0) is 15.2. The molecule has 8 heteroatoms. The van der Waals surface area contributed by atoms with Gasteiger partial charge in [-0.05, 0) is 13.3 Å². The average Bonchev–Trinajstić information content (AvgIpc) is 2.52. The van der Waals surface area contributed by atoms with Gasteiger partial charge in [0.1, 0.15) is 11.5 Å². The molecule has 1 saturated heterocycles. The van der Waals surface area contributed by atoms with Crippen LogP contribution in [-0.2, 0) is 0 Å². The number of nitrogens with zero attached hydrogens (tertiary/aromatic N) is 4. The summed E-state index contributed by atoms with van der Waals surface area (Å²) in [5.41, 5.74) is 0. The van der Waals surface area contributed by atoms with Gasteiger partial charge in [-0.3, -0.25) is 0 Å². The molecule has 1 aliphatic rings. The van der Waals surface area contributed by atoms with Crippen LogP contribution in [0.15, 0.2) is 17.6 Å². The van der Waals surface area contributed by atoms with E-state index >= 15 is 0 Å². The molecule has 1 aliphatic heterocycles. The van der Waals surface area contributed by atoms with Gasteiger partial charge in [0.25, 0.3) is 0 Å². The second-order valence-electron chi connectivity index (χ2n) is 4.85. The second kappa shape index (κ2) is 9.07. The zero-order valence-corrected chi connectivity index (χ0v) is 15.0. The maximum absolute atomic E-state index is 5.71. The Labute approximate surface area is 142 Å². The SMILES string of the molecule is C=CCOc1nc(NC)nc(N2CCN(C)CC2)c1SC.Cl. The lowest BCUT2D eigenvalue weighted by Crippen LogP contribution is -2.45. The van der Waals surface area contributed by atoms with Crippen LogP contribution >= 0.6 is 24.2 Å². The van der Waals surface area contributed by atoms with E-state index in [0.29, 0.717) is 18.4 Å². The first-order valence-electron chi connectivity index (χ1n) is 7.00. The summed E-state index contributed by atoms with van der Waals surface area (Å²) >= 11 is 1.62. The van der Waals surface area contributed by atoms with Crippen molar-refractivity contribution >= 4 is 35.9 Å². The lowest BCUT2D eigenvalue weighted by molar-refractivity contribution is 0.309.